The van der Waals surface area contributed by atoms with E-state index in [1.807, 2.05) is 0 Å². The topological polar surface area (TPSA) is 15.7 Å². The SMILES string of the molecule is c1cc2c(cc1OCCCCN1CCCCC1)CN(CC1CCCCC1)CC2. The first-order chi connectivity index (χ1) is 13.9. The Hall–Kier alpha value is -1.06. The molecule has 3 aliphatic rings. The van der Waals surface area contributed by atoms with Crippen molar-refractivity contribution in [1.29, 1.82) is 0 Å². The first kappa shape index (κ1) is 20.2. The van der Waals surface area contributed by atoms with Gasteiger partial charge in [0.15, 0.2) is 0 Å². The number of hydrogen-bond donors (Lipinski definition) is 0. The van der Waals surface area contributed by atoms with Crippen molar-refractivity contribution in [3.05, 3.63) is 29.3 Å². The van der Waals surface area contributed by atoms with Gasteiger partial charge in [0.2, 0.25) is 0 Å². The molecule has 2 heterocycles. The monoisotopic (exact) mass is 384 g/mol. The van der Waals surface area contributed by atoms with E-state index in [1.165, 1.54) is 114 Å². The van der Waals surface area contributed by atoms with Gasteiger partial charge in [0, 0.05) is 19.6 Å². The zero-order chi connectivity index (χ0) is 19.0. The van der Waals surface area contributed by atoms with Crippen LogP contribution in [0.3, 0.4) is 0 Å². The smallest absolute Gasteiger partial charge is 0.119 e. The Bertz CT molecular complexity index is 590. The van der Waals surface area contributed by atoms with Crippen LogP contribution < -0.4 is 4.74 Å². The van der Waals surface area contributed by atoms with Gasteiger partial charge in [0.05, 0.1) is 6.61 Å². The second kappa shape index (κ2) is 10.6. The van der Waals surface area contributed by atoms with Crippen molar-refractivity contribution in [2.75, 3.05) is 39.3 Å². The van der Waals surface area contributed by atoms with Crippen LogP contribution >= 0.6 is 0 Å². The lowest BCUT2D eigenvalue weighted by atomic mass is 9.88. The van der Waals surface area contributed by atoms with Crippen LogP contribution in [0.25, 0.3) is 0 Å². The molecule has 3 nitrogen and oxygen atoms in total. The number of ether oxygens (including phenoxy) is 1. The summed E-state index contributed by atoms with van der Waals surface area (Å²) in [6.45, 7) is 8.40. The Balaban J connectivity index is 1.19. The standard InChI is InChI=1S/C25H40N2O/c1-3-9-22(10-4-1)20-27-17-13-23-11-12-25(19-24(23)21-27)28-18-8-7-16-26-14-5-2-6-15-26/h11-12,19,22H,1-10,13-18,20-21H2. The van der Waals surface area contributed by atoms with Crippen LogP contribution in [-0.2, 0) is 13.0 Å². The molecular weight excluding hydrogens is 344 g/mol. The third-order valence-electron chi connectivity index (χ3n) is 7.10. The first-order valence-corrected chi connectivity index (χ1v) is 12.1. The van der Waals surface area contributed by atoms with E-state index in [1.54, 1.807) is 0 Å². The number of nitrogens with zero attached hydrogens (tertiary/aromatic N) is 2. The average molecular weight is 385 g/mol. The van der Waals surface area contributed by atoms with Crippen molar-refractivity contribution in [2.45, 2.75) is 77.2 Å². The molecule has 0 unspecified atom stereocenters. The van der Waals surface area contributed by atoms with Gasteiger partial charge in [-0.2, -0.15) is 0 Å². The number of unbranched alkanes of at least 4 members (excludes halogenated alkanes) is 1. The zero-order valence-electron chi connectivity index (χ0n) is 17.8. The van der Waals surface area contributed by atoms with E-state index < -0.39 is 0 Å². The Morgan fingerprint density at radius 3 is 2.50 bits per heavy atom. The molecule has 0 atom stereocenters. The summed E-state index contributed by atoms with van der Waals surface area (Å²) in [5, 5.41) is 0. The molecule has 2 aliphatic heterocycles. The van der Waals surface area contributed by atoms with Crippen molar-refractivity contribution in [3.63, 3.8) is 0 Å². The van der Waals surface area contributed by atoms with E-state index in [-0.39, 0.29) is 0 Å². The van der Waals surface area contributed by atoms with Gasteiger partial charge in [-0.1, -0.05) is 31.7 Å². The summed E-state index contributed by atoms with van der Waals surface area (Å²) in [4.78, 5) is 5.32. The van der Waals surface area contributed by atoms with Crippen molar-refractivity contribution >= 4 is 0 Å². The highest BCUT2D eigenvalue weighted by molar-refractivity contribution is 5.37. The maximum Gasteiger partial charge on any atom is 0.119 e. The quantitative estimate of drug-likeness (QED) is 0.568. The van der Waals surface area contributed by atoms with Gasteiger partial charge < -0.3 is 9.64 Å². The van der Waals surface area contributed by atoms with Crippen molar-refractivity contribution in [2.24, 2.45) is 5.92 Å². The molecular formula is C25H40N2O. The minimum absolute atomic E-state index is 0.860. The summed E-state index contributed by atoms with van der Waals surface area (Å²) < 4.78 is 6.11. The van der Waals surface area contributed by atoms with Crippen molar-refractivity contribution < 1.29 is 4.74 Å². The highest BCUT2D eigenvalue weighted by Crippen LogP contribution is 2.28. The molecule has 0 spiro atoms. The summed E-state index contributed by atoms with van der Waals surface area (Å²) in [6, 6.07) is 6.84. The Kier molecular flexibility index (Phi) is 7.69. The summed E-state index contributed by atoms with van der Waals surface area (Å²) in [5.41, 5.74) is 3.05. The van der Waals surface area contributed by atoms with Crippen LogP contribution in [0, 0.1) is 5.92 Å². The molecule has 4 rings (SSSR count). The van der Waals surface area contributed by atoms with Crippen LogP contribution in [0.15, 0.2) is 18.2 Å². The number of piperidine rings is 1. The van der Waals surface area contributed by atoms with Gasteiger partial charge in [0.25, 0.3) is 0 Å². The fraction of sp³-hybridized carbons (Fsp3) is 0.760. The summed E-state index contributed by atoms with van der Waals surface area (Å²) in [7, 11) is 0. The van der Waals surface area contributed by atoms with Crippen molar-refractivity contribution in [1.82, 2.24) is 9.80 Å². The van der Waals surface area contributed by atoms with Gasteiger partial charge in [-0.3, -0.25) is 4.90 Å². The van der Waals surface area contributed by atoms with E-state index in [0.29, 0.717) is 0 Å². The lowest BCUT2D eigenvalue weighted by Crippen LogP contribution is -2.35. The second-order valence-electron chi connectivity index (χ2n) is 9.38. The van der Waals surface area contributed by atoms with Crippen LogP contribution in [0.5, 0.6) is 5.75 Å². The molecule has 1 aliphatic carbocycles. The predicted octanol–water partition coefficient (Wildman–Crippen LogP) is 5.27. The second-order valence-corrected chi connectivity index (χ2v) is 9.38. The Morgan fingerprint density at radius 2 is 1.64 bits per heavy atom. The molecule has 0 N–H and O–H groups in total. The zero-order valence-corrected chi connectivity index (χ0v) is 17.8. The molecule has 0 aromatic heterocycles. The first-order valence-electron chi connectivity index (χ1n) is 12.1. The van der Waals surface area contributed by atoms with Gasteiger partial charge in [0.1, 0.15) is 5.75 Å². The molecule has 1 aromatic rings. The van der Waals surface area contributed by atoms with Crippen LogP contribution in [0.2, 0.25) is 0 Å². The third-order valence-corrected chi connectivity index (χ3v) is 7.10. The number of hydrogen-bond acceptors (Lipinski definition) is 3. The van der Waals surface area contributed by atoms with Gasteiger partial charge in [-0.15, -0.1) is 0 Å². The molecule has 0 radical (unpaired) electrons. The van der Waals surface area contributed by atoms with Gasteiger partial charge in [-0.05, 0) is 93.8 Å². The average Bonchev–Trinajstić information content (AvgIpc) is 2.75. The van der Waals surface area contributed by atoms with Crippen molar-refractivity contribution in [3.8, 4) is 5.75 Å². The number of likely N-dealkylation sites (tertiary alicyclic amines) is 1. The fourth-order valence-corrected chi connectivity index (χ4v) is 5.38. The molecule has 156 valence electrons. The minimum atomic E-state index is 0.860. The Morgan fingerprint density at radius 1 is 0.821 bits per heavy atom. The maximum atomic E-state index is 6.11. The third kappa shape index (κ3) is 5.97. The lowest BCUT2D eigenvalue weighted by Gasteiger charge is -2.33. The summed E-state index contributed by atoms with van der Waals surface area (Å²) >= 11 is 0. The van der Waals surface area contributed by atoms with E-state index in [4.69, 9.17) is 4.74 Å². The number of benzene rings is 1. The lowest BCUT2D eigenvalue weighted by molar-refractivity contribution is 0.186. The molecule has 1 saturated carbocycles. The van der Waals surface area contributed by atoms with Gasteiger partial charge in [-0.25, -0.2) is 0 Å². The van der Waals surface area contributed by atoms with E-state index in [9.17, 15) is 0 Å². The van der Waals surface area contributed by atoms with E-state index >= 15 is 0 Å². The number of fused-ring (bicyclic) bond motifs is 1. The fourth-order valence-electron chi connectivity index (χ4n) is 5.38. The molecule has 3 heteroatoms. The number of rotatable bonds is 8. The van der Waals surface area contributed by atoms with Crippen LogP contribution in [0.4, 0.5) is 0 Å². The van der Waals surface area contributed by atoms with E-state index in [0.717, 1.165) is 24.8 Å². The molecule has 28 heavy (non-hydrogen) atoms. The van der Waals surface area contributed by atoms with Gasteiger partial charge >= 0.3 is 0 Å². The summed E-state index contributed by atoms with van der Waals surface area (Å²) in [6.07, 6.45) is 15.1. The van der Waals surface area contributed by atoms with E-state index in [2.05, 4.69) is 28.0 Å². The Labute approximate surface area is 172 Å². The highest BCUT2D eigenvalue weighted by Gasteiger charge is 2.21. The molecule has 1 aromatic carbocycles. The van der Waals surface area contributed by atoms with Crippen LogP contribution in [-0.4, -0.2) is 49.1 Å². The molecule has 0 amide bonds. The molecule has 0 bridgehead atoms. The summed E-state index contributed by atoms with van der Waals surface area (Å²) in [5.74, 6) is 2.02. The largest absolute Gasteiger partial charge is 0.494 e. The normalized spacial score (nSPS) is 22.1. The maximum absolute atomic E-state index is 6.11. The predicted molar refractivity (Wildman–Crippen MR) is 117 cm³/mol. The van der Waals surface area contributed by atoms with Crippen LogP contribution in [0.1, 0.15) is 75.3 Å². The minimum Gasteiger partial charge on any atom is -0.494 e. The highest BCUT2D eigenvalue weighted by atomic mass is 16.5. The molecule has 1 saturated heterocycles. The molecule has 2 fully saturated rings.